The molecule has 2 aliphatic rings. The van der Waals surface area contributed by atoms with Gasteiger partial charge in [0.2, 0.25) is 5.91 Å². The molecule has 2 aromatic carbocycles. The van der Waals surface area contributed by atoms with Crippen molar-refractivity contribution in [2.24, 2.45) is 16.5 Å². The topological polar surface area (TPSA) is 170 Å². The van der Waals surface area contributed by atoms with Crippen LogP contribution in [0.1, 0.15) is 19.8 Å². The van der Waals surface area contributed by atoms with Crippen LogP contribution in [0.15, 0.2) is 52.7 Å². The predicted octanol–water partition coefficient (Wildman–Crippen LogP) is 4.00. The summed E-state index contributed by atoms with van der Waals surface area (Å²) in [5, 5.41) is 13.3. The molecule has 1 unspecified atom stereocenters. The standard InChI is InChI=1S/C26H26Cl3N5O6S/c1-13(35)33-26(7-2-8-32-25(30)31)23(38)34-21(22(36)37)14(12-41-24(26)34)11-39-20-10-16(28)4-6-19(20)40-18-5-3-15(27)9-17(18)29/h3-6,9-10,24H,2,7-8,11-12H2,1H3,(H,33,35)(H,36,37)(H4,30,31,32)/t24-,26?/m0/s1. The van der Waals surface area contributed by atoms with Gasteiger partial charge in [0.1, 0.15) is 29.0 Å². The third-order valence-corrected chi connectivity index (χ3v) is 8.50. The summed E-state index contributed by atoms with van der Waals surface area (Å²) in [4.78, 5) is 43.0. The van der Waals surface area contributed by atoms with Crippen LogP contribution in [0.3, 0.4) is 0 Å². The van der Waals surface area contributed by atoms with Crippen LogP contribution >= 0.6 is 46.6 Å². The first kappa shape index (κ1) is 30.6. The molecule has 6 N–H and O–H groups in total. The summed E-state index contributed by atoms with van der Waals surface area (Å²) in [6, 6.07) is 9.45. The summed E-state index contributed by atoms with van der Waals surface area (Å²) in [6.45, 7) is 1.38. The van der Waals surface area contributed by atoms with Gasteiger partial charge in [-0.15, -0.1) is 11.8 Å². The van der Waals surface area contributed by atoms with Crippen molar-refractivity contribution in [2.45, 2.75) is 30.7 Å². The number of β-lactam (4-membered cyclic amide) rings is 1. The summed E-state index contributed by atoms with van der Waals surface area (Å²) < 4.78 is 11.9. The van der Waals surface area contributed by atoms with Gasteiger partial charge in [0, 0.05) is 40.9 Å². The summed E-state index contributed by atoms with van der Waals surface area (Å²) in [5.74, 6) is -1.26. The fraction of sp³-hybridized carbons (Fsp3) is 0.308. The second-order valence-corrected chi connectivity index (χ2v) is 11.6. The molecule has 1 fully saturated rings. The molecule has 4 rings (SSSR count). The fourth-order valence-corrected chi connectivity index (χ4v) is 6.71. The zero-order valence-corrected chi connectivity index (χ0v) is 24.7. The van der Waals surface area contributed by atoms with Crippen LogP contribution in [-0.4, -0.2) is 63.6 Å². The SMILES string of the molecule is CC(=O)NC1(CCCN=C(N)N)C(=O)N2C(C(=O)O)=C(COc3cc(Cl)ccc3Oc3ccc(Cl)cc3Cl)CS[C@H]21. The molecule has 0 spiro atoms. The van der Waals surface area contributed by atoms with E-state index in [1.54, 1.807) is 24.3 Å². The minimum atomic E-state index is -1.30. The molecule has 0 radical (unpaired) electrons. The van der Waals surface area contributed by atoms with Gasteiger partial charge in [-0.05, 0) is 43.2 Å². The smallest absolute Gasteiger partial charge is 0.352 e. The number of nitrogens with zero attached hydrogens (tertiary/aromatic N) is 2. The summed E-state index contributed by atoms with van der Waals surface area (Å²) in [6.07, 6.45) is 0.623. The van der Waals surface area contributed by atoms with E-state index in [0.717, 1.165) is 0 Å². The van der Waals surface area contributed by atoms with E-state index in [1.165, 1.54) is 35.7 Å². The maximum Gasteiger partial charge on any atom is 0.352 e. The Morgan fingerprint density at radius 1 is 1.15 bits per heavy atom. The van der Waals surface area contributed by atoms with E-state index in [9.17, 15) is 19.5 Å². The minimum absolute atomic E-state index is 0.0857. The van der Waals surface area contributed by atoms with Crippen molar-refractivity contribution < 1.29 is 29.0 Å². The van der Waals surface area contributed by atoms with Crippen LogP contribution in [-0.2, 0) is 14.4 Å². The Kier molecular flexibility index (Phi) is 9.48. The number of nitrogens with two attached hydrogens (primary N) is 2. The lowest BCUT2D eigenvalue weighted by molar-refractivity contribution is -0.159. The summed E-state index contributed by atoms with van der Waals surface area (Å²) in [7, 11) is 0. The number of thioether (sulfide) groups is 1. The second-order valence-electron chi connectivity index (χ2n) is 9.22. The average molecular weight is 643 g/mol. The molecule has 11 nitrogen and oxygen atoms in total. The first-order chi connectivity index (χ1) is 19.4. The number of benzene rings is 2. The van der Waals surface area contributed by atoms with Gasteiger partial charge in [0.05, 0.1) is 5.02 Å². The number of aliphatic carboxylic acids is 1. The van der Waals surface area contributed by atoms with Crippen LogP contribution in [0.4, 0.5) is 0 Å². The van der Waals surface area contributed by atoms with E-state index in [-0.39, 0.29) is 53.5 Å². The average Bonchev–Trinajstić information content (AvgIpc) is 2.90. The number of guanidine groups is 1. The molecule has 2 aliphatic heterocycles. The molecule has 0 bridgehead atoms. The molecule has 2 heterocycles. The van der Waals surface area contributed by atoms with Gasteiger partial charge >= 0.3 is 5.97 Å². The van der Waals surface area contributed by atoms with E-state index in [2.05, 4.69) is 10.3 Å². The van der Waals surface area contributed by atoms with E-state index in [0.29, 0.717) is 27.8 Å². The highest BCUT2D eigenvalue weighted by atomic mass is 35.5. The van der Waals surface area contributed by atoms with Crippen LogP contribution in [0.2, 0.25) is 15.1 Å². The third kappa shape index (κ3) is 6.61. The molecule has 0 aromatic heterocycles. The number of ether oxygens (including phenoxy) is 2. The van der Waals surface area contributed by atoms with Gasteiger partial charge in [-0.2, -0.15) is 0 Å². The number of carboxylic acids is 1. The Hall–Kier alpha value is -3.32. The fourth-order valence-electron chi connectivity index (χ4n) is 4.61. The summed E-state index contributed by atoms with van der Waals surface area (Å²) in [5.41, 5.74) is 9.63. The highest BCUT2D eigenvalue weighted by molar-refractivity contribution is 8.00. The number of hydrogen-bond acceptors (Lipinski definition) is 7. The molecular formula is C26H26Cl3N5O6S. The normalized spacial score (nSPS) is 19.7. The van der Waals surface area contributed by atoms with Crippen molar-refractivity contribution >= 4 is 70.3 Å². The van der Waals surface area contributed by atoms with Crippen LogP contribution in [0, 0.1) is 0 Å². The zero-order valence-electron chi connectivity index (χ0n) is 21.7. The van der Waals surface area contributed by atoms with Crippen LogP contribution < -0.4 is 26.3 Å². The Morgan fingerprint density at radius 2 is 1.83 bits per heavy atom. The molecule has 0 aliphatic carbocycles. The van der Waals surface area contributed by atoms with Crippen LogP contribution in [0.5, 0.6) is 17.2 Å². The summed E-state index contributed by atoms with van der Waals surface area (Å²) >= 11 is 19.7. The highest BCUT2D eigenvalue weighted by Crippen LogP contribution is 2.48. The first-order valence-electron chi connectivity index (χ1n) is 12.2. The van der Waals surface area contributed by atoms with Gasteiger partial charge in [0.15, 0.2) is 17.5 Å². The lowest BCUT2D eigenvalue weighted by Crippen LogP contribution is -2.79. The molecule has 41 heavy (non-hydrogen) atoms. The lowest BCUT2D eigenvalue weighted by Gasteiger charge is -2.57. The van der Waals surface area contributed by atoms with Crippen molar-refractivity contribution in [1.82, 2.24) is 10.2 Å². The van der Waals surface area contributed by atoms with Gasteiger partial charge in [-0.1, -0.05) is 34.8 Å². The Labute approximate surface area is 254 Å². The van der Waals surface area contributed by atoms with Crippen molar-refractivity contribution in [3.8, 4) is 17.2 Å². The number of aliphatic imine (C=N–C) groups is 1. The molecule has 218 valence electrons. The Morgan fingerprint density at radius 3 is 2.46 bits per heavy atom. The van der Waals surface area contributed by atoms with Gasteiger partial charge < -0.3 is 31.4 Å². The molecule has 0 saturated carbocycles. The first-order valence-corrected chi connectivity index (χ1v) is 14.4. The van der Waals surface area contributed by atoms with Gasteiger partial charge in [-0.25, -0.2) is 4.79 Å². The predicted molar refractivity (Wildman–Crippen MR) is 158 cm³/mol. The number of carbonyl (C=O) groups excluding carboxylic acids is 2. The monoisotopic (exact) mass is 641 g/mol. The van der Waals surface area contributed by atoms with E-state index in [4.69, 9.17) is 55.7 Å². The number of nitrogens with one attached hydrogen (secondary N) is 1. The Balaban J connectivity index is 1.57. The molecule has 2 aromatic rings. The van der Waals surface area contributed by atoms with E-state index < -0.39 is 28.7 Å². The van der Waals surface area contributed by atoms with Crippen molar-refractivity contribution in [3.63, 3.8) is 0 Å². The maximum absolute atomic E-state index is 13.5. The highest BCUT2D eigenvalue weighted by Gasteiger charge is 2.64. The molecule has 2 atom stereocenters. The lowest BCUT2D eigenvalue weighted by atomic mass is 9.81. The number of carboxylic acid groups (broad SMARTS) is 1. The molecular weight excluding hydrogens is 617 g/mol. The minimum Gasteiger partial charge on any atom is -0.485 e. The largest absolute Gasteiger partial charge is 0.485 e. The number of rotatable bonds is 11. The van der Waals surface area contributed by atoms with E-state index in [1.807, 2.05) is 0 Å². The molecule has 1 saturated heterocycles. The number of fused-ring (bicyclic) bond motifs is 1. The molecule has 15 heteroatoms. The second kappa shape index (κ2) is 12.7. The number of hydrogen-bond donors (Lipinski definition) is 4. The maximum atomic E-state index is 13.5. The third-order valence-electron chi connectivity index (χ3n) is 6.29. The Bertz CT molecular complexity index is 1450. The quantitative estimate of drug-likeness (QED) is 0.122. The number of carbonyl (C=O) groups is 3. The van der Waals surface area contributed by atoms with E-state index >= 15 is 0 Å². The number of amides is 2. The van der Waals surface area contributed by atoms with Crippen molar-refractivity contribution in [3.05, 3.63) is 62.7 Å². The van der Waals surface area contributed by atoms with Gasteiger partial charge in [-0.3, -0.25) is 19.5 Å². The number of halogens is 3. The van der Waals surface area contributed by atoms with Crippen LogP contribution in [0.25, 0.3) is 0 Å². The molecule has 2 amide bonds. The van der Waals surface area contributed by atoms with Gasteiger partial charge in [0.25, 0.3) is 5.91 Å². The van der Waals surface area contributed by atoms with Crippen molar-refractivity contribution in [2.75, 3.05) is 18.9 Å². The van der Waals surface area contributed by atoms with Crippen molar-refractivity contribution in [1.29, 1.82) is 0 Å². The zero-order chi connectivity index (χ0) is 29.9.